The third kappa shape index (κ3) is 7.08. The lowest BCUT2D eigenvalue weighted by Crippen LogP contribution is -2.58. The van der Waals surface area contributed by atoms with Crippen molar-refractivity contribution in [3.05, 3.63) is 0 Å². The Bertz CT molecular complexity index is 222. The molecule has 0 aromatic carbocycles. The zero-order chi connectivity index (χ0) is 14.8. The zero-order valence-electron chi connectivity index (χ0n) is 14.3. The molecule has 1 rings (SSSR count). The van der Waals surface area contributed by atoms with Crippen LogP contribution in [0.1, 0.15) is 85.0 Å². The summed E-state index contributed by atoms with van der Waals surface area (Å²) in [5, 5.41) is 0. The summed E-state index contributed by atoms with van der Waals surface area (Å²) in [5.41, 5.74) is 6.45. The number of hydrogen-bond acceptors (Lipinski definition) is 2. The molecule has 2 nitrogen and oxygen atoms in total. The van der Waals surface area contributed by atoms with E-state index in [2.05, 4.69) is 25.7 Å². The first-order chi connectivity index (χ1) is 9.59. The summed E-state index contributed by atoms with van der Waals surface area (Å²) < 4.78 is 0. The van der Waals surface area contributed by atoms with Crippen molar-refractivity contribution in [3.8, 4) is 0 Å². The first-order valence-corrected chi connectivity index (χ1v) is 9.07. The molecule has 0 bridgehead atoms. The van der Waals surface area contributed by atoms with E-state index in [9.17, 15) is 0 Å². The average molecular weight is 283 g/mol. The predicted octanol–water partition coefficient (Wildman–Crippen LogP) is 4.58. The molecule has 0 saturated carbocycles. The molecule has 0 amide bonds. The molecule has 20 heavy (non-hydrogen) atoms. The molecular formula is C18H38N2. The van der Waals surface area contributed by atoms with E-state index in [1.165, 1.54) is 70.8 Å². The lowest BCUT2D eigenvalue weighted by atomic mass is 9.78. The van der Waals surface area contributed by atoms with Crippen LogP contribution >= 0.6 is 0 Å². The molecule has 0 aromatic rings. The first kappa shape index (κ1) is 18.0. The highest BCUT2D eigenvalue weighted by molar-refractivity contribution is 4.88. The van der Waals surface area contributed by atoms with Gasteiger partial charge in [-0.3, -0.25) is 4.90 Å². The van der Waals surface area contributed by atoms with Crippen molar-refractivity contribution >= 4 is 0 Å². The van der Waals surface area contributed by atoms with Gasteiger partial charge in [-0.2, -0.15) is 0 Å². The van der Waals surface area contributed by atoms with Crippen molar-refractivity contribution in [2.24, 2.45) is 11.1 Å². The summed E-state index contributed by atoms with van der Waals surface area (Å²) in [6.45, 7) is 10.6. The van der Waals surface area contributed by atoms with Gasteiger partial charge in [0.15, 0.2) is 0 Å². The quantitative estimate of drug-likeness (QED) is 0.531. The van der Waals surface area contributed by atoms with Crippen LogP contribution in [0.15, 0.2) is 0 Å². The van der Waals surface area contributed by atoms with Crippen LogP contribution in [-0.4, -0.2) is 30.6 Å². The highest BCUT2D eigenvalue weighted by Crippen LogP contribution is 2.33. The van der Waals surface area contributed by atoms with Crippen molar-refractivity contribution in [2.75, 3.05) is 19.6 Å². The fourth-order valence-corrected chi connectivity index (χ4v) is 3.52. The van der Waals surface area contributed by atoms with Crippen LogP contribution < -0.4 is 5.73 Å². The zero-order valence-corrected chi connectivity index (χ0v) is 14.3. The Labute approximate surface area is 127 Å². The van der Waals surface area contributed by atoms with Gasteiger partial charge in [0.05, 0.1) is 0 Å². The van der Waals surface area contributed by atoms with E-state index in [1.807, 2.05) is 0 Å². The van der Waals surface area contributed by atoms with Gasteiger partial charge in [-0.25, -0.2) is 0 Å². The Morgan fingerprint density at radius 2 is 1.40 bits per heavy atom. The van der Waals surface area contributed by atoms with Crippen molar-refractivity contribution in [2.45, 2.75) is 91.0 Å². The minimum Gasteiger partial charge on any atom is -0.325 e. The summed E-state index contributed by atoms with van der Waals surface area (Å²) in [7, 11) is 0. The number of unbranched alkanes of at least 4 members (excludes halogenated alkanes) is 6. The fourth-order valence-electron chi connectivity index (χ4n) is 3.52. The van der Waals surface area contributed by atoms with E-state index in [4.69, 9.17) is 5.73 Å². The maximum absolute atomic E-state index is 5.93. The smallest absolute Gasteiger partial charge is 0.0297 e. The lowest BCUT2D eigenvalue weighted by molar-refractivity contribution is 0.0741. The van der Waals surface area contributed by atoms with Gasteiger partial charge in [0.1, 0.15) is 0 Å². The number of nitrogens with zero attached hydrogens (tertiary/aromatic N) is 1. The van der Waals surface area contributed by atoms with Gasteiger partial charge in [-0.15, -0.1) is 0 Å². The van der Waals surface area contributed by atoms with Crippen LogP contribution in [0.5, 0.6) is 0 Å². The third-order valence-electron chi connectivity index (χ3n) is 4.86. The van der Waals surface area contributed by atoms with Gasteiger partial charge in [0.2, 0.25) is 0 Å². The monoisotopic (exact) mass is 282 g/mol. The molecule has 1 aliphatic heterocycles. The number of nitrogens with two attached hydrogens (primary N) is 1. The largest absolute Gasteiger partial charge is 0.325 e. The topological polar surface area (TPSA) is 29.3 Å². The van der Waals surface area contributed by atoms with E-state index in [1.54, 1.807) is 0 Å². The normalized spacial score (nSPS) is 17.4. The highest BCUT2D eigenvalue weighted by atomic mass is 15.2. The first-order valence-electron chi connectivity index (χ1n) is 9.07. The molecule has 1 aliphatic rings. The van der Waals surface area contributed by atoms with E-state index in [0.717, 1.165) is 13.1 Å². The van der Waals surface area contributed by atoms with Gasteiger partial charge in [0.25, 0.3) is 0 Å². The van der Waals surface area contributed by atoms with E-state index < -0.39 is 0 Å². The van der Waals surface area contributed by atoms with Crippen molar-refractivity contribution in [1.29, 1.82) is 0 Å². The molecular weight excluding hydrogens is 244 g/mol. The van der Waals surface area contributed by atoms with Gasteiger partial charge in [0, 0.05) is 25.7 Å². The van der Waals surface area contributed by atoms with Gasteiger partial charge >= 0.3 is 0 Å². The summed E-state index contributed by atoms with van der Waals surface area (Å²) in [5.74, 6) is 0. The molecule has 0 unspecified atom stereocenters. The molecule has 0 radical (unpaired) electrons. The van der Waals surface area contributed by atoms with Crippen LogP contribution in [-0.2, 0) is 0 Å². The maximum Gasteiger partial charge on any atom is 0.0297 e. The number of rotatable bonds is 12. The third-order valence-corrected chi connectivity index (χ3v) is 4.86. The molecule has 1 fully saturated rings. The SMILES string of the molecule is CCCCCCC(C)(CCCCCC)CN1CC(N)C1. The second kappa shape index (κ2) is 9.78. The minimum absolute atomic E-state index is 0.444. The average Bonchev–Trinajstić information content (AvgIpc) is 2.38. The van der Waals surface area contributed by atoms with Crippen LogP contribution in [0, 0.1) is 5.41 Å². The van der Waals surface area contributed by atoms with E-state index in [0.29, 0.717) is 11.5 Å². The molecule has 0 atom stereocenters. The Hall–Kier alpha value is -0.0800. The van der Waals surface area contributed by atoms with E-state index >= 15 is 0 Å². The Kier molecular flexibility index (Phi) is 8.79. The highest BCUT2D eigenvalue weighted by Gasteiger charge is 2.31. The van der Waals surface area contributed by atoms with Crippen molar-refractivity contribution in [3.63, 3.8) is 0 Å². The van der Waals surface area contributed by atoms with E-state index in [-0.39, 0.29) is 0 Å². The van der Waals surface area contributed by atoms with Crippen LogP contribution in [0.3, 0.4) is 0 Å². The Morgan fingerprint density at radius 1 is 0.900 bits per heavy atom. The molecule has 2 N–H and O–H groups in total. The molecule has 0 aromatic heterocycles. The summed E-state index contributed by atoms with van der Waals surface area (Å²) in [4.78, 5) is 2.57. The van der Waals surface area contributed by atoms with Crippen LogP contribution in [0.2, 0.25) is 0 Å². The summed E-state index contributed by atoms with van der Waals surface area (Å²) in [6, 6.07) is 0.444. The Morgan fingerprint density at radius 3 is 1.80 bits per heavy atom. The molecule has 0 aliphatic carbocycles. The van der Waals surface area contributed by atoms with Crippen LogP contribution in [0.4, 0.5) is 0 Å². The molecule has 1 saturated heterocycles. The van der Waals surface area contributed by atoms with Gasteiger partial charge in [-0.1, -0.05) is 72.1 Å². The van der Waals surface area contributed by atoms with Gasteiger partial charge < -0.3 is 5.73 Å². The fraction of sp³-hybridized carbons (Fsp3) is 1.00. The second-order valence-electron chi connectivity index (χ2n) is 7.39. The van der Waals surface area contributed by atoms with Crippen molar-refractivity contribution in [1.82, 2.24) is 4.90 Å². The standard InChI is InChI=1S/C18H38N2/c1-4-6-8-10-12-18(3,13-11-9-7-5-2)16-20-14-17(19)15-20/h17H,4-16,19H2,1-3H3. The number of likely N-dealkylation sites (tertiary alicyclic amines) is 1. The molecule has 1 heterocycles. The second-order valence-corrected chi connectivity index (χ2v) is 7.39. The molecule has 120 valence electrons. The van der Waals surface area contributed by atoms with Crippen LogP contribution in [0.25, 0.3) is 0 Å². The minimum atomic E-state index is 0.444. The molecule has 2 heteroatoms. The number of hydrogen-bond donors (Lipinski definition) is 1. The summed E-state index contributed by atoms with van der Waals surface area (Å²) >= 11 is 0. The Balaban J connectivity index is 2.31. The maximum atomic E-state index is 5.93. The molecule has 0 spiro atoms. The summed E-state index contributed by atoms with van der Waals surface area (Å²) in [6.07, 6.45) is 14.0. The predicted molar refractivity (Wildman–Crippen MR) is 90.0 cm³/mol. The van der Waals surface area contributed by atoms with Crippen molar-refractivity contribution < 1.29 is 0 Å². The lowest BCUT2D eigenvalue weighted by Gasteiger charge is -2.43. The van der Waals surface area contributed by atoms with Gasteiger partial charge in [-0.05, 0) is 18.3 Å².